The van der Waals surface area contributed by atoms with Crippen LogP contribution in [0.5, 0.6) is 5.75 Å². The van der Waals surface area contributed by atoms with Gasteiger partial charge in [-0.1, -0.05) is 11.6 Å². The van der Waals surface area contributed by atoms with E-state index >= 15 is 0 Å². The van der Waals surface area contributed by atoms with Crippen LogP contribution in [0, 0.1) is 0 Å². The number of aliphatic imine (C=N–C) groups is 1. The lowest BCUT2D eigenvalue weighted by atomic mass is 10.1. The Kier molecular flexibility index (Phi) is 5.82. The van der Waals surface area contributed by atoms with Gasteiger partial charge < -0.3 is 15.1 Å². The first-order valence-corrected chi connectivity index (χ1v) is 7.99. The monoisotopic (exact) mass is 346 g/mol. The number of hydrogen-bond donors (Lipinski definition) is 2. The lowest BCUT2D eigenvalue weighted by Gasteiger charge is -2.21. The fraction of sp³-hybridized carbons (Fsp3) is 0.222. The summed E-state index contributed by atoms with van der Waals surface area (Å²) >= 11 is 6.04. The standard InChI is InChI=1S/C18H19ClN2O3/c1-3-21(4-2)14-7-5-13(17(22)10-14)11-20-16-8-6-12(18(23)24)9-15(16)19/h5-11,22H,3-4H2,1-2H3,(H,23,24). The van der Waals surface area contributed by atoms with E-state index in [2.05, 4.69) is 23.7 Å². The number of anilines is 1. The third-order valence-electron chi connectivity index (χ3n) is 3.68. The van der Waals surface area contributed by atoms with E-state index < -0.39 is 5.97 Å². The van der Waals surface area contributed by atoms with Crippen LogP contribution in [-0.2, 0) is 0 Å². The van der Waals surface area contributed by atoms with E-state index in [1.165, 1.54) is 24.4 Å². The summed E-state index contributed by atoms with van der Waals surface area (Å²) in [6.07, 6.45) is 1.50. The highest BCUT2D eigenvalue weighted by atomic mass is 35.5. The lowest BCUT2D eigenvalue weighted by Crippen LogP contribution is -2.21. The molecule has 0 atom stereocenters. The van der Waals surface area contributed by atoms with Crippen LogP contribution in [0.4, 0.5) is 11.4 Å². The van der Waals surface area contributed by atoms with Crippen LogP contribution in [0.15, 0.2) is 41.4 Å². The van der Waals surface area contributed by atoms with Crippen molar-refractivity contribution >= 4 is 35.2 Å². The van der Waals surface area contributed by atoms with Gasteiger partial charge in [0.1, 0.15) is 5.75 Å². The Morgan fingerprint density at radius 2 is 1.92 bits per heavy atom. The lowest BCUT2D eigenvalue weighted by molar-refractivity contribution is 0.0697. The van der Waals surface area contributed by atoms with Crippen molar-refractivity contribution < 1.29 is 15.0 Å². The van der Waals surface area contributed by atoms with E-state index in [4.69, 9.17) is 16.7 Å². The Labute approximate surface area is 145 Å². The molecule has 0 saturated heterocycles. The molecule has 0 aliphatic carbocycles. The molecule has 2 rings (SSSR count). The van der Waals surface area contributed by atoms with Gasteiger partial charge in [-0.25, -0.2) is 4.79 Å². The van der Waals surface area contributed by atoms with E-state index in [0.29, 0.717) is 11.3 Å². The molecule has 5 nitrogen and oxygen atoms in total. The first kappa shape index (κ1) is 17.8. The fourth-order valence-corrected chi connectivity index (χ4v) is 2.54. The summed E-state index contributed by atoms with van der Waals surface area (Å²) in [7, 11) is 0. The summed E-state index contributed by atoms with van der Waals surface area (Å²) in [4.78, 5) is 17.2. The zero-order chi connectivity index (χ0) is 17.7. The summed E-state index contributed by atoms with van der Waals surface area (Å²) < 4.78 is 0. The van der Waals surface area contributed by atoms with Crippen molar-refractivity contribution in [1.82, 2.24) is 0 Å². The second kappa shape index (κ2) is 7.84. The Hall–Kier alpha value is -2.53. The van der Waals surface area contributed by atoms with Gasteiger partial charge in [0.15, 0.2) is 0 Å². The number of halogens is 1. The van der Waals surface area contributed by atoms with Gasteiger partial charge in [0.25, 0.3) is 0 Å². The van der Waals surface area contributed by atoms with E-state index in [9.17, 15) is 9.90 Å². The van der Waals surface area contributed by atoms with Gasteiger partial charge >= 0.3 is 5.97 Å². The largest absolute Gasteiger partial charge is 0.507 e. The number of carboxylic acids is 1. The number of nitrogens with zero attached hydrogens (tertiary/aromatic N) is 2. The van der Waals surface area contributed by atoms with E-state index in [1.54, 1.807) is 12.1 Å². The zero-order valence-electron chi connectivity index (χ0n) is 13.5. The molecule has 24 heavy (non-hydrogen) atoms. The molecule has 0 aliphatic rings. The van der Waals surface area contributed by atoms with Crippen molar-refractivity contribution in [2.24, 2.45) is 4.99 Å². The first-order chi connectivity index (χ1) is 11.5. The summed E-state index contributed by atoms with van der Waals surface area (Å²) in [5.41, 5.74) is 2.04. The van der Waals surface area contributed by atoms with Crippen LogP contribution < -0.4 is 4.90 Å². The quantitative estimate of drug-likeness (QED) is 0.763. The molecule has 0 bridgehead atoms. The van der Waals surface area contributed by atoms with Crippen molar-refractivity contribution in [3.63, 3.8) is 0 Å². The molecular weight excluding hydrogens is 328 g/mol. The highest BCUT2D eigenvalue weighted by Gasteiger charge is 2.08. The molecule has 126 valence electrons. The Morgan fingerprint density at radius 3 is 2.46 bits per heavy atom. The van der Waals surface area contributed by atoms with Crippen LogP contribution in [0.1, 0.15) is 29.8 Å². The molecule has 0 spiro atoms. The minimum Gasteiger partial charge on any atom is -0.507 e. The minimum atomic E-state index is -1.04. The third-order valence-corrected chi connectivity index (χ3v) is 3.98. The molecule has 2 aromatic rings. The van der Waals surface area contributed by atoms with Crippen LogP contribution in [0.2, 0.25) is 5.02 Å². The number of hydrogen-bond acceptors (Lipinski definition) is 4. The predicted molar refractivity (Wildman–Crippen MR) is 97.3 cm³/mol. The van der Waals surface area contributed by atoms with Gasteiger partial charge in [-0.3, -0.25) is 4.99 Å². The van der Waals surface area contributed by atoms with Crippen molar-refractivity contribution in [2.45, 2.75) is 13.8 Å². The molecule has 0 amide bonds. The summed E-state index contributed by atoms with van der Waals surface area (Å²) in [6.45, 7) is 5.82. The average molecular weight is 347 g/mol. The molecule has 6 heteroatoms. The number of rotatable bonds is 6. The molecule has 0 unspecified atom stereocenters. The van der Waals surface area contributed by atoms with E-state index in [0.717, 1.165) is 18.8 Å². The maximum absolute atomic E-state index is 10.9. The van der Waals surface area contributed by atoms with E-state index in [-0.39, 0.29) is 16.3 Å². The second-order valence-electron chi connectivity index (χ2n) is 5.14. The van der Waals surface area contributed by atoms with Gasteiger partial charge in [-0.2, -0.15) is 0 Å². The molecule has 0 saturated carbocycles. The molecular formula is C18H19ClN2O3. The van der Waals surface area contributed by atoms with Crippen molar-refractivity contribution in [3.8, 4) is 5.75 Å². The predicted octanol–water partition coefficient (Wildman–Crippen LogP) is 4.34. The number of phenols is 1. The number of benzene rings is 2. The molecule has 0 radical (unpaired) electrons. The maximum atomic E-state index is 10.9. The number of aromatic hydroxyl groups is 1. The second-order valence-corrected chi connectivity index (χ2v) is 5.55. The summed E-state index contributed by atoms with van der Waals surface area (Å²) in [5, 5.41) is 19.3. The number of aromatic carboxylic acids is 1. The summed E-state index contributed by atoms with van der Waals surface area (Å²) in [6, 6.07) is 9.71. The fourth-order valence-electron chi connectivity index (χ4n) is 2.31. The molecule has 2 N–H and O–H groups in total. The van der Waals surface area contributed by atoms with Gasteiger partial charge in [-0.05, 0) is 44.2 Å². The molecule has 2 aromatic carbocycles. The highest BCUT2D eigenvalue weighted by Crippen LogP contribution is 2.28. The van der Waals surface area contributed by atoms with Crippen LogP contribution >= 0.6 is 11.6 Å². The molecule has 0 aliphatic heterocycles. The van der Waals surface area contributed by atoms with Gasteiger partial charge in [0.2, 0.25) is 0 Å². The highest BCUT2D eigenvalue weighted by molar-refractivity contribution is 6.33. The Balaban J connectivity index is 2.25. The topological polar surface area (TPSA) is 73.1 Å². The maximum Gasteiger partial charge on any atom is 0.335 e. The van der Waals surface area contributed by atoms with Crippen LogP contribution in [0.25, 0.3) is 0 Å². The van der Waals surface area contributed by atoms with Crippen molar-refractivity contribution in [2.75, 3.05) is 18.0 Å². The normalized spacial score (nSPS) is 11.0. The zero-order valence-corrected chi connectivity index (χ0v) is 14.3. The van der Waals surface area contributed by atoms with Crippen LogP contribution in [0.3, 0.4) is 0 Å². The first-order valence-electron chi connectivity index (χ1n) is 7.61. The smallest absolute Gasteiger partial charge is 0.335 e. The van der Waals surface area contributed by atoms with Gasteiger partial charge in [-0.15, -0.1) is 0 Å². The average Bonchev–Trinajstić information content (AvgIpc) is 2.56. The minimum absolute atomic E-state index is 0.102. The Bertz CT molecular complexity index is 771. The summed E-state index contributed by atoms with van der Waals surface area (Å²) in [5.74, 6) is -0.918. The molecule has 0 heterocycles. The SMILES string of the molecule is CCN(CC)c1ccc(C=Nc2ccc(C(=O)O)cc2Cl)c(O)c1. The number of carboxylic acid groups (broad SMARTS) is 1. The molecule has 0 fully saturated rings. The third kappa shape index (κ3) is 4.06. The van der Waals surface area contributed by atoms with Gasteiger partial charge in [0.05, 0.1) is 16.3 Å². The number of carbonyl (C=O) groups is 1. The number of phenolic OH excluding ortho intramolecular Hbond substituents is 1. The Morgan fingerprint density at radius 1 is 1.21 bits per heavy atom. The van der Waals surface area contributed by atoms with Crippen molar-refractivity contribution in [1.29, 1.82) is 0 Å². The van der Waals surface area contributed by atoms with E-state index in [1.807, 2.05) is 6.07 Å². The van der Waals surface area contributed by atoms with Crippen LogP contribution in [-0.4, -0.2) is 35.5 Å². The molecule has 0 aromatic heterocycles. The van der Waals surface area contributed by atoms with Crippen molar-refractivity contribution in [3.05, 3.63) is 52.5 Å². The van der Waals surface area contributed by atoms with Gasteiger partial charge in [0, 0.05) is 36.6 Å².